The molecule has 1 atom stereocenters. The van der Waals surface area contributed by atoms with E-state index in [2.05, 4.69) is 13.8 Å². The first-order valence-corrected chi connectivity index (χ1v) is 3.83. The first-order chi connectivity index (χ1) is 4.66. The molecule has 0 aromatic heterocycles. The third-order valence-electron chi connectivity index (χ3n) is 1.44. The Labute approximate surface area is 63.2 Å². The number of hydrogen-bond acceptors (Lipinski definition) is 2. The van der Waals surface area contributed by atoms with Gasteiger partial charge in [0.1, 0.15) is 0 Å². The second-order valence-electron chi connectivity index (χ2n) is 3.08. The molecule has 0 saturated heterocycles. The Balaban J connectivity index is 3.12. The van der Waals surface area contributed by atoms with Crippen LogP contribution in [0, 0.1) is 5.92 Å². The van der Waals surface area contributed by atoms with Crippen LogP contribution in [0.2, 0.25) is 0 Å². The zero-order valence-electron chi connectivity index (χ0n) is 7.13. The molecule has 62 valence electrons. The van der Waals surface area contributed by atoms with E-state index >= 15 is 0 Å². The van der Waals surface area contributed by atoms with Gasteiger partial charge in [-0.3, -0.25) is 0 Å². The summed E-state index contributed by atoms with van der Waals surface area (Å²) in [7, 11) is 1.61. The molecule has 0 rings (SSSR count). The minimum absolute atomic E-state index is 0.271. The highest BCUT2D eigenvalue weighted by Gasteiger charge is 2.03. The summed E-state index contributed by atoms with van der Waals surface area (Å²) in [4.78, 5) is 0. The summed E-state index contributed by atoms with van der Waals surface area (Å²) in [6.45, 7) is 4.77. The van der Waals surface area contributed by atoms with E-state index in [1.807, 2.05) is 0 Å². The number of aliphatic hydroxyl groups excluding tert-OH is 1. The molecule has 1 N–H and O–H groups in total. The van der Waals surface area contributed by atoms with Crippen LogP contribution in [0.1, 0.15) is 26.7 Å². The van der Waals surface area contributed by atoms with Crippen molar-refractivity contribution in [1.82, 2.24) is 0 Å². The van der Waals surface area contributed by atoms with Gasteiger partial charge >= 0.3 is 0 Å². The van der Waals surface area contributed by atoms with Gasteiger partial charge in [0.05, 0.1) is 12.7 Å². The van der Waals surface area contributed by atoms with Crippen molar-refractivity contribution in [2.75, 3.05) is 13.7 Å². The zero-order chi connectivity index (χ0) is 7.98. The molecular weight excluding hydrogens is 128 g/mol. The predicted octanol–water partition coefficient (Wildman–Crippen LogP) is 1.43. The van der Waals surface area contributed by atoms with Crippen molar-refractivity contribution in [2.45, 2.75) is 32.8 Å². The molecule has 0 aromatic carbocycles. The minimum atomic E-state index is -0.271. The molecule has 0 spiro atoms. The smallest absolute Gasteiger partial charge is 0.0773 e. The number of ether oxygens (including phenoxy) is 1. The fraction of sp³-hybridized carbons (Fsp3) is 1.00. The molecular formula is C8H18O2. The molecule has 0 aliphatic carbocycles. The molecule has 10 heavy (non-hydrogen) atoms. The van der Waals surface area contributed by atoms with E-state index in [0.29, 0.717) is 12.5 Å². The molecule has 2 heteroatoms. The Morgan fingerprint density at radius 3 is 2.30 bits per heavy atom. The van der Waals surface area contributed by atoms with Crippen molar-refractivity contribution < 1.29 is 9.84 Å². The fourth-order valence-electron chi connectivity index (χ4n) is 0.801. The summed E-state index contributed by atoms with van der Waals surface area (Å²) in [5.74, 6) is 0.673. The van der Waals surface area contributed by atoms with E-state index in [1.54, 1.807) is 7.11 Å². The van der Waals surface area contributed by atoms with Crippen molar-refractivity contribution >= 4 is 0 Å². The first kappa shape index (κ1) is 9.92. The molecule has 0 amide bonds. The van der Waals surface area contributed by atoms with Gasteiger partial charge in [-0.15, -0.1) is 0 Å². The fourth-order valence-corrected chi connectivity index (χ4v) is 0.801. The molecule has 0 bridgehead atoms. The van der Waals surface area contributed by atoms with E-state index in [9.17, 15) is 5.11 Å². The maximum Gasteiger partial charge on any atom is 0.0773 e. The second kappa shape index (κ2) is 5.69. The maximum atomic E-state index is 9.17. The van der Waals surface area contributed by atoms with Crippen LogP contribution in [0.4, 0.5) is 0 Å². The van der Waals surface area contributed by atoms with E-state index in [-0.39, 0.29) is 6.10 Å². The Bertz CT molecular complexity index is 71.7. The monoisotopic (exact) mass is 146 g/mol. The number of aliphatic hydroxyl groups is 1. The summed E-state index contributed by atoms with van der Waals surface area (Å²) in [6, 6.07) is 0. The van der Waals surface area contributed by atoms with Gasteiger partial charge in [-0.25, -0.2) is 0 Å². The van der Waals surface area contributed by atoms with Gasteiger partial charge in [0.2, 0.25) is 0 Å². The van der Waals surface area contributed by atoms with Crippen molar-refractivity contribution in [2.24, 2.45) is 5.92 Å². The van der Waals surface area contributed by atoms with Gasteiger partial charge < -0.3 is 9.84 Å². The van der Waals surface area contributed by atoms with Crippen molar-refractivity contribution in [1.29, 1.82) is 0 Å². The van der Waals surface area contributed by atoms with Gasteiger partial charge in [-0.05, 0) is 18.8 Å². The second-order valence-corrected chi connectivity index (χ2v) is 3.08. The number of hydrogen-bond donors (Lipinski definition) is 1. The van der Waals surface area contributed by atoms with E-state index in [1.165, 1.54) is 0 Å². The lowest BCUT2D eigenvalue weighted by molar-refractivity contribution is 0.0559. The average Bonchev–Trinajstić information content (AvgIpc) is 1.85. The minimum Gasteiger partial charge on any atom is -0.391 e. The Kier molecular flexibility index (Phi) is 5.64. The SMILES string of the molecule is COCC(O)CCC(C)C. The molecule has 0 aromatic rings. The largest absolute Gasteiger partial charge is 0.391 e. The lowest BCUT2D eigenvalue weighted by Gasteiger charge is -2.10. The molecule has 0 aliphatic heterocycles. The van der Waals surface area contributed by atoms with Crippen LogP contribution in [0.5, 0.6) is 0 Å². The molecule has 1 unspecified atom stereocenters. The predicted molar refractivity (Wildman–Crippen MR) is 42.0 cm³/mol. The van der Waals surface area contributed by atoms with Crippen molar-refractivity contribution in [3.8, 4) is 0 Å². The zero-order valence-corrected chi connectivity index (χ0v) is 7.13. The molecule has 0 aliphatic rings. The van der Waals surface area contributed by atoms with Crippen molar-refractivity contribution in [3.05, 3.63) is 0 Å². The third kappa shape index (κ3) is 6.05. The Hall–Kier alpha value is -0.0800. The molecule has 0 heterocycles. The summed E-state index contributed by atoms with van der Waals surface area (Å²) in [5.41, 5.74) is 0. The van der Waals surface area contributed by atoms with Crippen LogP contribution in [0.15, 0.2) is 0 Å². The van der Waals surface area contributed by atoms with Gasteiger partial charge in [0.15, 0.2) is 0 Å². The summed E-state index contributed by atoms with van der Waals surface area (Å²) in [6.07, 6.45) is 1.66. The van der Waals surface area contributed by atoms with E-state index in [0.717, 1.165) is 12.8 Å². The van der Waals surface area contributed by atoms with Crippen LogP contribution in [-0.4, -0.2) is 24.9 Å². The third-order valence-corrected chi connectivity index (χ3v) is 1.44. The Morgan fingerprint density at radius 2 is 1.90 bits per heavy atom. The highest BCUT2D eigenvalue weighted by atomic mass is 16.5. The van der Waals surface area contributed by atoms with Crippen LogP contribution in [0.25, 0.3) is 0 Å². The van der Waals surface area contributed by atoms with E-state index < -0.39 is 0 Å². The summed E-state index contributed by atoms with van der Waals surface area (Å²) >= 11 is 0. The maximum absolute atomic E-state index is 9.17. The molecule has 0 radical (unpaired) electrons. The lowest BCUT2D eigenvalue weighted by Crippen LogP contribution is -2.14. The lowest BCUT2D eigenvalue weighted by atomic mass is 10.1. The average molecular weight is 146 g/mol. The van der Waals surface area contributed by atoms with Crippen LogP contribution >= 0.6 is 0 Å². The molecule has 0 fully saturated rings. The van der Waals surface area contributed by atoms with Gasteiger partial charge in [0, 0.05) is 7.11 Å². The number of rotatable bonds is 5. The Morgan fingerprint density at radius 1 is 1.30 bits per heavy atom. The van der Waals surface area contributed by atoms with Gasteiger partial charge in [-0.1, -0.05) is 13.8 Å². The highest BCUT2D eigenvalue weighted by Crippen LogP contribution is 2.06. The summed E-state index contributed by atoms with van der Waals surface area (Å²) in [5, 5.41) is 9.17. The van der Waals surface area contributed by atoms with E-state index in [4.69, 9.17) is 4.74 Å². The standard InChI is InChI=1S/C8H18O2/c1-7(2)4-5-8(9)6-10-3/h7-9H,4-6H2,1-3H3. The highest BCUT2D eigenvalue weighted by molar-refractivity contribution is 4.55. The normalized spacial score (nSPS) is 14.1. The first-order valence-electron chi connectivity index (χ1n) is 3.83. The molecule has 0 saturated carbocycles. The molecule has 2 nitrogen and oxygen atoms in total. The summed E-state index contributed by atoms with van der Waals surface area (Å²) < 4.78 is 4.79. The van der Waals surface area contributed by atoms with Crippen LogP contribution in [0.3, 0.4) is 0 Å². The number of methoxy groups -OCH3 is 1. The van der Waals surface area contributed by atoms with Crippen LogP contribution in [-0.2, 0) is 4.74 Å². The quantitative estimate of drug-likeness (QED) is 0.635. The van der Waals surface area contributed by atoms with Crippen molar-refractivity contribution in [3.63, 3.8) is 0 Å². The topological polar surface area (TPSA) is 29.5 Å². The van der Waals surface area contributed by atoms with Crippen LogP contribution < -0.4 is 0 Å². The van der Waals surface area contributed by atoms with Gasteiger partial charge in [0.25, 0.3) is 0 Å². The van der Waals surface area contributed by atoms with Gasteiger partial charge in [-0.2, -0.15) is 0 Å².